The summed E-state index contributed by atoms with van der Waals surface area (Å²) in [4.78, 5) is 3.77. The molecule has 0 saturated heterocycles. The molecule has 4 nitrogen and oxygen atoms in total. The van der Waals surface area contributed by atoms with Gasteiger partial charge in [0.15, 0.2) is 5.82 Å². The molecule has 2 rings (SSSR count). The van der Waals surface area contributed by atoms with Crippen LogP contribution in [0.25, 0.3) is 0 Å². The minimum Gasteiger partial charge on any atom is -0.340 e. The van der Waals surface area contributed by atoms with Crippen molar-refractivity contribution < 1.29 is 22.1 Å². The zero-order chi connectivity index (χ0) is 14.2. The van der Waals surface area contributed by atoms with Gasteiger partial charge in [-0.15, -0.1) is 0 Å². The quantitative estimate of drug-likeness (QED) is 0.855. The highest BCUT2D eigenvalue weighted by Gasteiger charge is 2.36. The molecule has 19 heavy (non-hydrogen) atoms. The monoisotopic (exact) mass is 275 g/mol. The number of nitrogens with zero attached hydrogens (tertiary/aromatic N) is 2. The van der Waals surface area contributed by atoms with E-state index in [2.05, 4.69) is 14.7 Å². The second kappa shape index (κ2) is 4.61. The number of benzene rings is 1. The number of hydrogen-bond acceptors (Lipinski definition) is 4. The van der Waals surface area contributed by atoms with Gasteiger partial charge in [0.1, 0.15) is 5.82 Å². The predicted molar refractivity (Wildman–Crippen MR) is 56.5 cm³/mol. The fraction of sp³-hybridized carbons (Fsp3) is 0.273. The van der Waals surface area contributed by atoms with Gasteiger partial charge in [-0.1, -0.05) is 11.2 Å². The Balaban J connectivity index is 2.50. The first-order valence-corrected chi connectivity index (χ1v) is 5.21. The normalized spacial score (nSPS) is 13.6. The molecular weight excluding hydrogens is 266 g/mol. The fourth-order valence-electron chi connectivity index (χ4n) is 1.63. The summed E-state index contributed by atoms with van der Waals surface area (Å²) in [7, 11) is 0. The summed E-state index contributed by atoms with van der Waals surface area (Å²) in [5.41, 5.74) is 4.21. The number of aryl methyl sites for hydroxylation is 1. The first kappa shape index (κ1) is 13.5. The van der Waals surface area contributed by atoms with E-state index in [4.69, 9.17) is 5.73 Å². The Morgan fingerprint density at radius 3 is 2.53 bits per heavy atom. The molecule has 0 fully saturated rings. The molecule has 0 aliphatic rings. The standard InChI is InChI=1S/C11H9F4N3O/c1-5-17-10(18-19-5)9(16)7-3-2-6(12)4-8(7)11(13,14)15/h2-4,9H,16H2,1H3. The molecule has 102 valence electrons. The number of alkyl halides is 3. The van der Waals surface area contributed by atoms with Gasteiger partial charge in [-0.05, 0) is 17.7 Å². The van der Waals surface area contributed by atoms with Gasteiger partial charge in [-0.2, -0.15) is 18.2 Å². The van der Waals surface area contributed by atoms with Crippen LogP contribution in [-0.2, 0) is 6.18 Å². The van der Waals surface area contributed by atoms with E-state index in [1.807, 2.05) is 0 Å². The van der Waals surface area contributed by atoms with Crippen molar-refractivity contribution in [3.63, 3.8) is 0 Å². The van der Waals surface area contributed by atoms with E-state index in [0.717, 1.165) is 12.1 Å². The Hall–Kier alpha value is -1.96. The van der Waals surface area contributed by atoms with Crippen LogP contribution in [-0.4, -0.2) is 10.1 Å². The lowest BCUT2D eigenvalue weighted by atomic mass is 10.00. The van der Waals surface area contributed by atoms with E-state index in [-0.39, 0.29) is 17.3 Å². The van der Waals surface area contributed by atoms with E-state index < -0.39 is 23.6 Å². The molecule has 0 spiro atoms. The molecule has 1 heterocycles. The first-order valence-electron chi connectivity index (χ1n) is 5.21. The van der Waals surface area contributed by atoms with Crippen molar-refractivity contribution in [2.45, 2.75) is 19.1 Å². The van der Waals surface area contributed by atoms with E-state index in [0.29, 0.717) is 6.07 Å². The summed E-state index contributed by atoms with van der Waals surface area (Å²) < 4.78 is 56.1. The molecule has 8 heteroatoms. The minimum absolute atomic E-state index is 0.0883. The van der Waals surface area contributed by atoms with Crippen LogP contribution in [0.1, 0.15) is 28.9 Å². The lowest BCUT2D eigenvalue weighted by molar-refractivity contribution is -0.138. The topological polar surface area (TPSA) is 64.9 Å². The number of nitrogens with two attached hydrogens (primary N) is 1. The molecule has 0 radical (unpaired) electrons. The van der Waals surface area contributed by atoms with Crippen molar-refractivity contribution in [3.05, 3.63) is 46.9 Å². The van der Waals surface area contributed by atoms with Crippen molar-refractivity contribution in [2.24, 2.45) is 5.73 Å². The van der Waals surface area contributed by atoms with Crippen molar-refractivity contribution in [3.8, 4) is 0 Å². The average Bonchev–Trinajstić information content (AvgIpc) is 2.74. The summed E-state index contributed by atoms with van der Waals surface area (Å²) in [5.74, 6) is -0.900. The summed E-state index contributed by atoms with van der Waals surface area (Å²) in [6, 6.07) is 1.02. The predicted octanol–water partition coefficient (Wildman–Crippen LogP) is 2.58. The van der Waals surface area contributed by atoms with Crippen LogP contribution in [0, 0.1) is 12.7 Å². The van der Waals surface area contributed by atoms with Crippen LogP contribution in [0.4, 0.5) is 17.6 Å². The zero-order valence-electron chi connectivity index (χ0n) is 9.70. The molecule has 0 saturated carbocycles. The number of rotatable bonds is 2. The summed E-state index contributed by atoms with van der Waals surface area (Å²) in [5, 5.41) is 3.47. The number of aromatic nitrogens is 2. The number of halogens is 4. The van der Waals surface area contributed by atoms with Crippen LogP contribution in [0.3, 0.4) is 0 Å². The highest BCUT2D eigenvalue weighted by Crippen LogP contribution is 2.35. The third-order valence-corrected chi connectivity index (χ3v) is 2.48. The molecule has 1 atom stereocenters. The van der Waals surface area contributed by atoms with E-state index in [1.165, 1.54) is 6.92 Å². The molecule has 1 aromatic carbocycles. The Bertz CT molecular complexity index is 594. The summed E-state index contributed by atoms with van der Waals surface area (Å²) >= 11 is 0. The molecule has 0 aliphatic heterocycles. The van der Waals surface area contributed by atoms with Crippen LogP contribution in [0.5, 0.6) is 0 Å². The Morgan fingerprint density at radius 2 is 2.00 bits per heavy atom. The fourth-order valence-corrected chi connectivity index (χ4v) is 1.63. The first-order chi connectivity index (χ1) is 8.79. The van der Waals surface area contributed by atoms with Gasteiger partial charge in [0, 0.05) is 6.92 Å². The molecule has 1 aromatic heterocycles. The highest BCUT2D eigenvalue weighted by molar-refractivity contribution is 5.35. The average molecular weight is 275 g/mol. The van der Waals surface area contributed by atoms with Crippen molar-refractivity contribution in [1.82, 2.24) is 10.1 Å². The van der Waals surface area contributed by atoms with Crippen LogP contribution in [0.2, 0.25) is 0 Å². The zero-order valence-corrected chi connectivity index (χ0v) is 9.70. The lowest BCUT2D eigenvalue weighted by Crippen LogP contribution is -2.19. The van der Waals surface area contributed by atoms with Gasteiger partial charge < -0.3 is 10.3 Å². The molecule has 1 unspecified atom stereocenters. The van der Waals surface area contributed by atoms with E-state index >= 15 is 0 Å². The second-order valence-electron chi connectivity index (χ2n) is 3.88. The van der Waals surface area contributed by atoms with Gasteiger partial charge >= 0.3 is 6.18 Å². The van der Waals surface area contributed by atoms with Gasteiger partial charge in [0.2, 0.25) is 5.89 Å². The Kier molecular flexibility index (Phi) is 3.27. The van der Waals surface area contributed by atoms with Crippen LogP contribution >= 0.6 is 0 Å². The maximum atomic E-state index is 13.0. The van der Waals surface area contributed by atoms with Gasteiger partial charge in [-0.3, -0.25) is 0 Å². The van der Waals surface area contributed by atoms with Crippen LogP contribution < -0.4 is 5.73 Å². The summed E-state index contributed by atoms with van der Waals surface area (Å²) in [6.45, 7) is 1.48. The van der Waals surface area contributed by atoms with Crippen molar-refractivity contribution in [1.29, 1.82) is 0 Å². The minimum atomic E-state index is -4.71. The maximum Gasteiger partial charge on any atom is 0.416 e. The van der Waals surface area contributed by atoms with Crippen molar-refractivity contribution in [2.75, 3.05) is 0 Å². The molecular formula is C11H9F4N3O. The third-order valence-electron chi connectivity index (χ3n) is 2.48. The van der Waals surface area contributed by atoms with Gasteiger partial charge in [0.25, 0.3) is 0 Å². The maximum absolute atomic E-state index is 13.0. The van der Waals surface area contributed by atoms with Crippen LogP contribution in [0.15, 0.2) is 22.7 Å². The third kappa shape index (κ3) is 2.73. The largest absolute Gasteiger partial charge is 0.416 e. The molecule has 2 aromatic rings. The Labute approximate surface area is 105 Å². The lowest BCUT2D eigenvalue weighted by Gasteiger charge is -2.16. The second-order valence-corrected chi connectivity index (χ2v) is 3.88. The van der Waals surface area contributed by atoms with Gasteiger partial charge in [0.05, 0.1) is 11.6 Å². The SMILES string of the molecule is Cc1nc(C(N)c2ccc(F)cc2C(F)(F)F)no1. The van der Waals surface area contributed by atoms with E-state index in [1.54, 1.807) is 0 Å². The Morgan fingerprint density at radius 1 is 1.32 bits per heavy atom. The smallest absolute Gasteiger partial charge is 0.340 e. The van der Waals surface area contributed by atoms with Crippen molar-refractivity contribution >= 4 is 0 Å². The number of hydrogen-bond donors (Lipinski definition) is 1. The van der Waals surface area contributed by atoms with E-state index in [9.17, 15) is 17.6 Å². The highest BCUT2D eigenvalue weighted by atomic mass is 19.4. The van der Waals surface area contributed by atoms with Gasteiger partial charge in [-0.25, -0.2) is 4.39 Å². The molecule has 0 bridgehead atoms. The molecule has 0 aliphatic carbocycles. The molecule has 0 amide bonds. The summed E-state index contributed by atoms with van der Waals surface area (Å²) in [6.07, 6.45) is -4.71. The molecule has 2 N–H and O–H groups in total.